The molecule has 0 bridgehead atoms. The predicted octanol–water partition coefficient (Wildman–Crippen LogP) is 3.55. The van der Waals surface area contributed by atoms with Crippen LogP contribution >= 0.6 is 36.4 Å². The number of phenols is 1. The SMILES string of the molecule is Cc1cc(Cl)cc([C@@H](C2CC2)N2CCNCC2)c1O.Cl.Cl. The molecule has 0 unspecified atom stereocenters. The van der Waals surface area contributed by atoms with Gasteiger partial charge in [0.15, 0.2) is 0 Å². The third-order valence-corrected chi connectivity index (χ3v) is 4.45. The summed E-state index contributed by atoms with van der Waals surface area (Å²) in [7, 11) is 0. The van der Waals surface area contributed by atoms with E-state index in [9.17, 15) is 5.11 Å². The second-order valence-corrected chi connectivity index (χ2v) is 6.17. The van der Waals surface area contributed by atoms with Gasteiger partial charge in [-0.05, 0) is 43.4 Å². The lowest BCUT2D eigenvalue weighted by atomic mass is 9.96. The first-order valence-corrected chi connectivity index (χ1v) is 7.48. The first-order valence-electron chi connectivity index (χ1n) is 7.10. The van der Waals surface area contributed by atoms with Gasteiger partial charge in [0.2, 0.25) is 0 Å². The van der Waals surface area contributed by atoms with E-state index < -0.39 is 0 Å². The molecule has 1 aliphatic heterocycles. The van der Waals surface area contributed by atoms with Gasteiger partial charge in [0.1, 0.15) is 5.75 Å². The van der Waals surface area contributed by atoms with Gasteiger partial charge >= 0.3 is 0 Å². The molecule has 1 heterocycles. The molecule has 21 heavy (non-hydrogen) atoms. The average Bonchev–Trinajstić information content (AvgIpc) is 3.21. The van der Waals surface area contributed by atoms with E-state index in [1.165, 1.54) is 12.8 Å². The van der Waals surface area contributed by atoms with Crippen LogP contribution in [0.1, 0.15) is 30.0 Å². The first-order chi connectivity index (χ1) is 9.16. The number of phenolic OH excluding ortho intramolecular Hbond substituents is 1. The molecule has 3 nitrogen and oxygen atoms in total. The Balaban J connectivity index is 0.00000110. The van der Waals surface area contributed by atoms with Crippen LogP contribution in [-0.2, 0) is 0 Å². The van der Waals surface area contributed by atoms with Gasteiger partial charge in [-0.1, -0.05) is 11.6 Å². The van der Waals surface area contributed by atoms with Crippen LogP contribution in [0, 0.1) is 12.8 Å². The average molecular weight is 354 g/mol. The zero-order valence-corrected chi connectivity index (χ0v) is 14.5. The quantitative estimate of drug-likeness (QED) is 0.872. The van der Waals surface area contributed by atoms with Crippen LogP contribution in [0.2, 0.25) is 5.02 Å². The summed E-state index contributed by atoms with van der Waals surface area (Å²) in [5.41, 5.74) is 1.90. The van der Waals surface area contributed by atoms with Gasteiger partial charge in [-0.3, -0.25) is 4.90 Å². The number of nitrogens with one attached hydrogen (secondary N) is 1. The summed E-state index contributed by atoms with van der Waals surface area (Å²) in [6.07, 6.45) is 2.53. The standard InChI is InChI=1S/C15H21ClN2O.2ClH/c1-10-8-12(16)9-13(15(10)19)14(11-2-3-11)18-6-4-17-5-7-18;;/h8-9,11,14,17,19H,2-7H2,1H3;2*1H/t14-;;/m1../s1. The zero-order valence-electron chi connectivity index (χ0n) is 12.1. The molecule has 1 aliphatic carbocycles. The molecule has 2 N–H and O–H groups in total. The smallest absolute Gasteiger partial charge is 0.123 e. The number of hydrogen-bond acceptors (Lipinski definition) is 3. The largest absolute Gasteiger partial charge is 0.507 e. The van der Waals surface area contributed by atoms with E-state index in [0.29, 0.717) is 17.7 Å². The van der Waals surface area contributed by atoms with Crippen molar-refractivity contribution < 1.29 is 5.11 Å². The van der Waals surface area contributed by atoms with Crippen molar-refractivity contribution in [1.82, 2.24) is 10.2 Å². The summed E-state index contributed by atoms with van der Waals surface area (Å²) < 4.78 is 0. The molecule has 1 saturated carbocycles. The Bertz CT molecular complexity index is 474. The van der Waals surface area contributed by atoms with Gasteiger partial charge < -0.3 is 10.4 Å². The van der Waals surface area contributed by atoms with Gasteiger partial charge in [0.05, 0.1) is 0 Å². The molecular formula is C15H23Cl3N2O. The Kier molecular flexibility index (Phi) is 7.08. The summed E-state index contributed by atoms with van der Waals surface area (Å²) in [6.45, 7) is 6.08. The van der Waals surface area contributed by atoms with Crippen LogP contribution in [0.5, 0.6) is 5.75 Å². The zero-order chi connectivity index (χ0) is 13.4. The lowest BCUT2D eigenvalue weighted by Crippen LogP contribution is -2.45. The molecule has 3 rings (SSSR count). The normalized spacial score (nSPS) is 20.3. The van der Waals surface area contributed by atoms with E-state index in [4.69, 9.17) is 11.6 Å². The molecular weight excluding hydrogens is 331 g/mol. The second-order valence-electron chi connectivity index (χ2n) is 5.73. The molecule has 1 saturated heterocycles. The fourth-order valence-electron chi connectivity index (χ4n) is 3.11. The number of hydrogen-bond donors (Lipinski definition) is 2. The van der Waals surface area contributed by atoms with Crippen molar-refractivity contribution in [2.75, 3.05) is 26.2 Å². The van der Waals surface area contributed by atoms with Crippen LogP contribution < -0.4 is 5.32 Å². The summed E-state index contributed by atoms with van der Waals surface area (Å²) in [4.78, 5) is 2.50. The molecule has 2 aliphatic rings. The third-order valence-electron chi connectivity index (χ3n) is 4.23. The third kappa shape index (κ3) is 4.17. The fraction of sp³-hybridized carbons (Fsp3) is 0.600. The van der Waals surface area contributed by atoms with Crippen molar-refractivity contribution in [1.29, 1.82) is 0 Å². The molecule has 0 aromatic heterocycles. The molecule has 1 aromatic rings. The minimum atomic E-state index is 0. The van der Waals surface area contributed by atoms with E-state index in [2.05, 4.69) is 10.2 Å². The molecule has 2 fully saturated rings. The highest BCUT2D eigenvalue weighted by Crippen LogP contribution is 2.48. The van der Waals surface area contributed by atoms with Gasteiger partial charge in [-0.15, -0.1) is 24.8 Å². The van der Waals surface area contributed by atoms with Gasteiger partial charge in [0.25, 0.3) is 0 Å². The fourth-order valence-corrected chi connectivity index (χ4v) is 3.39. The van der Waals surface area contributed by atoms with E-state index in [1.807, 2.05) is 19.1 Å². The lowest BCUT2D eigenvalue weighted by molar-refractivity contribution is 0.153. The maximum absolute atomic E-state index is 10.4. The van der Waals surface area contributed by atoms with Gasteiger partial charge in [0, 0.05) is 42.8 Å². The Morgan fingerprint density at radius 2 is 1.86 bits per heavy atom. The lowest BCUT2D eigenvalue weighted by Gasteiger charge is -2.36. The number of aryl methyl sites for hydroxylation is 1. The number of halogens is 3. The van der Waals surface area contributed by atoms with E-state index in [-0.39, 0.29) is 24.8 Å². The Labute approximate surface area is 143 Å². The molecule has 1 aromatic carbocycles. The molecule has 6 heteroatoms. The van der Waals surface area contributed by atoms with Crippen LogP contribution in [0.4, 0.5) is 0 Å². The molecule has 0 radical (unpaired) electrons. The maximum Gasteiger partial charge on any atom is 0.123 e. The van der Waals surface area contributed by atoms with Crippen molar-refractivity contribution >= 4 is 36.4 Å². The summed E-state index contributed by atoms with van der Waals surface area (Å²) in [5.74, 6) is 1.11. The van der Waals surface area contributed by atoms with E-state index in [1.54, 1.807) is 0 Å². The monoisotopic (exact) mass is 352 g/mol. The number of nitrogens with zero attached hydrogens (tertiary/aromatic N) is 1. The number of benzene rings is 1. The minimum absolute atomic E-state index is 0. The molecule has 1 atom stereocenters. The van der Waals surface area contributed by atoms with Gasteiger partial charge in [-0.2, -0.15) is 0 Å². The van der Waals surface area contributed by atoms with E-state index >= 15 is 0 Å². The van der Waals surface area contributed by atoms with Crippen molar-refractivity contribution in [3.05, 3.63) is 28.3 Å². The van der Waals surface area contributed by atoms with Crippen molar-refractivity contribution in [3.8, 4) is 5.75 Å². The first kappa shape index (κ1) is 18.9. The predicted molar refractivity (Wildman–Crippen MR) is 92.3 cm³/mol. The Morgan fingerprint density at radius 1 is 1.24 bits per heavy atom. The maximum atomic E-state index is 10.4. The highest BCUT2D eigenvalue weighted by molar-refractivity contribution is 6.30. The molecule has 0 spiro atoms. The number of piperazine rings is 1. The summed E-state index contributed by atoms with van der Waals surface area (Å²) in [6, 6.07) is 4.12. The number of rotatable bonds is 3. The topological polar surface area (TPSA) is 35.5 Å². The molecule has 0 amide bonds. The number of aromatic hydroxyl groups is 1. The van der Waals surface area contributed by atoms with Crippen molar-refractivity contribution in [2.45, 2.75) is 25.8 Å². The minimum Gasteiger partial charge on any atom is -0.507 e. The van der Waals surface area contributed by atoms with Crippen LogP contribution in [0.3, 0.4) is 0 Å². The second kappa shape index (κ2) is 7.89. The Morgan fingerprint density at radius 3 is 2.43 bits per heavy atom. The van der Waals surface area contributed by atoms with Crippen LogP contribution in [-0.4, -0.2) is 36.2 Å². The van der Waals surface area contributed by atoms with Gasteiger partial charge in [-0.25, -0.2) is 0 Å². The highest BCUT2D eigenvalue weighted by atomic mass is 35.5. The highest BCUT2D eigenvalue weighted by Gasteiger charge is 2.38. The van der Waals surface area contributed by atoms with Crippen molar-refractivity contribution in [3.63, 3.8) is 0 Å². The summed E-state index contributed by atoms with van der Waals surface area (Å²) in [5, 5.41) is 14.5. The Hall–Kier alpha value is -0.190. The summed E-state index contributed by atoms with van der Waals surface area (Å²) >= 11 is 6.19. The van der Waals surface area contributed by atoms with Crippen molar-refractivity contribution in [2.24, 2.45) is 5.92 Å². The van der Waals surface area contributed by atoms with Crippen LogP contribution in [0.15, 0.2) is 12.1 Å². The molecule has 120 valence electrons. The van der Waals surface area contributed by atoms with E-state index in [0.717, 1.165) is 42.3 Å². The van der Waals surface area contributed by atoms with Crippen LogP contribution in [0.25, 0.3) is 0 Å².